The zero-order valence-corrected chi connectivity index (χ0v) is 16.0. The number of ether oxygens (including phenoxy) is 1. The van der Waals surface area contributed by atoms with Crippen LogP contribution in [0.25, 0.3) is 5.76 Å². The van der Waals surface area contributed by atoms with Crippen LogP contribution in [0, 0.1) is 5.82 Å². The summed E-state index contributed by atoms with van der Waals surface area (Å²) in [6, 6.07) is 14.4. The molecule has 30 heavy (non-hydrogen) atoms. The normalized spacial score (nSPS) is 18.1. The quantitative estimate of drug-likeness (QED) is 0.392. The molecule has 1 atom stereocenters. The second kappa shape index (κ2) is 7.87. The number of benzene rings is 2. The number of nitrogens with zero attached hydrogens (tertiary/aromatic N) is 1. The predicted molar refractivity (Wildman–Crippen MR) is 106 cm³/mol. The Balaban J connectivity index is 1.87. The van der Waals surface area contributed by atoms with E-state index in [1.54, 1.807) is 42.5 Å². The van der Waals surface area contributed by atoms with Crippen LogP contribution in [-0.4, -0.2) is 28.8 Å². The van der Waals surface area contributed by atoms with Crippen molar-refractivity contribution < 1.29 is 28.2 Å². The molecule has 152 valence electrons. The number of Topliss-reactive ketones (excluding diaryl/α,β-unsaturated/α-hetero) is 1. The SMILES string of the molecule is COc1ccc(/C(O)=C2\C(=O)C(=O)N(Cc3ccco3)[C@@H]2c2ccccc2F)cc1. The Labute approximate surface area is 171 Å². The number of aliphatic hydroxyl groups is 1. The van der Waals surface area contributed by atoms with Gasteiger partial charge in [0, 0.05) is 11.1 Å². The fourth-order valence-corrected chi connectivity index (χ4v) is 3.54. The Kier molecular flexibility index (Phi) is 5.10. The number of likely N-dealkylation sites (tertiary alicyclic amines) is 1. The summed E-state index contributed by atoms with van der Waals surface area (Å²) >= 11 is 0. The van der Waals surface area contributed by atoms with Crippen molar-refractivity contribution in [1.29, 1.82) is 0 Å². The van der Waals surface area contributed by atoms with Crippen molar-refractivity contribution in [3.8, 4) is 5.75 Å². The van der Waals surface area contributed by atoms with Crippen molar-refractivity contribution in [3.05, 3.63) is 95.2 Å². The Morgan fingerprint density at radius 2 is 1.83 bits per heavy atom. The minimum absolute atomic E-state index is 0.0457. The third-order valence-corrected chi connectivity index (χ3v) is 5.01. The van der Waals surface area contributed by atoms with Gasteiger partial charge < -0.3 is 19.2 Å². The highest BCUT2D eigenvalue weighted by atomic mass is 19.1. The van der Waals surface area contributed by atoms with E-state index >= 15 is 0 Å². The number of aliphatic hydroxyl groups excluding tert-OH is 1. The Hall–Kier alpha value is -3.87. The number of rotatable bonds is 5. The molecule has 1 saturated heterocycles. The molecule has 0 aliphatic carbocycles. The van der Waals surface area contributed by atoms with Gasteiger partial charge in [-0.15, -0.1) is 0 Å². The molecule has 0 saturated carbocycles. The highest BCUT2D eigenvalue weighted by Gasteiger charge is 2.47. The van der Waals surface area contributed by atoms with E-state index in [-0.39, 0.29) is 23.4 Å². The summed E-state index contributed by atoms with van der Waals surface area (Å²) in [6.07, 6.45) is 1.45. The van der Waals surface area contributed by atoms with E-state index in [0.29, 0.717) is 17.1 Å². The number of carbonyl (C=O) groups excluding carboxylic acids is 2. The van der Waals surface area contributed by atoms with Crippen LogP contribution >= 0.6 is 0 Å². The monoisotopic (exact) mass is 407 g/mol. The molecule has 1 aromatic heterocycles. The smallest absolute Gasteiger partial charge is 0.296 e. The number of ketones is 1. The minimum Gasteiger partial charge on any atom is -0.507 e. The van der Waals surface area contributed by atoms with E-state index in [2.05, 4.69) is 0 Å². The molecular formula is C23H18FNO5. The van der Waals surface area contributed by atoms with Gasteiger partial charge in [0.05, 0.1) is 31.5 Å². The van der Waals surface area contributed by atoms with Crippen LogP contribution in [0.3, 0.4) is 0 Å². The second-order valence-corrected chi connectivity index (χ2v) is 6.76. The highest BCUT2D eigenvalue weighted by Crippen LogP contribution is 2.41. The summed E-state index contributed by atoms with van der Waals surface area (Å²) in [5, 5.41) is 10.9. The van der Waals surface area contributed by atoms with Crippen LogP contribution in [0.5, 0.6) is 5.75 Å². The van der Waals surface area contributed by atoms with Gasteiger partial charge in [-0.1, -0.05) is 18.2 Å². The van der Waals surface area contributed by atoms with Crippen LogP contribution in [0.15, 0.2) is 76.9 Å². The standard InChI is InChI=1S/C23H18FNO5/c1-29-15-10-8-14(9-11-15)21(26)19-20(17-6-2-3-7-18(17)24)25(23(28)22(19)27)13-16-5-4-12-30-16/h2-12,20,26H,13H2,1H3/b21-19+/t20-/m1/s1. The molecule has 1 amide bonds. The first-order valence-corrected chi connectivity index (χ1v) is 9.21. The summed E-state index contributed by atoms with van der Waals surface area (Å²) in [7, 11) is 1.51. The van der Waals surface area contributed by atoms with Crippen molar-refractivity contribution in [2.45, 2.75) is 12.6 Å². The molecule has 4 rings (SSSR count). The molecule has 3 aromatic rings. The van der Waals surface area contributed by atoms with E-state index in [9.17, 15) is 19.1 Å². The first kappa shape index (κ1) is 19.4. The van der Waals surface area contributed by atoms with Gasteiger partial charge in [0.2, 0.25) is 0 Å². The number of hydrogen-bond acceptors (Lipinski definition) is 5. The van der Waals surface area contributed by atoms with E-state index in [4.69, 9.17) is 9.15 Å². The largest absolute Gasteiger partial charge is 0.507 e. The highest BCUT2D eigenvalue weighted by molar-refractivity contribution is 6.46. The summed E-state index contributed by atoms with van der Waals surface area (Å²) in [6.45, 7) is -0.0457. The molecule has 0 radical (unpaired) electrons. The summed E-state index contributed by atoms with van der Waals surface area (Å²) in [5.74, 6) is -1.70. The molecule has 6 nitrogen and oxygen atoms in total. The van der Waals surface area contributed by atoms with Gasteiger partial charge in [0.15, 0.2) is 0 Å². The lowest BCUT2D eigenvalue weighted by atomic mass is 9.95. The first-order valence-electron chi connectivity index (χ1n) is 9.21. The van der Waals surface area contributed by atoms with Crippen molar-refractivity contribution >= 4 is 17.4 Å². The lowest BCUT2D eigenvalue weighted by Gasteiger charge is -2.24. The number of halogens is 1. The number of amides is 1. The Morgan fingerprint density at radius 3 is 2.47 bits per heavy atom. The lowest BCUT2D eigenvalue weighted by molar-refractivity contribution is -0.140. The van der Waals surface area contributed by atoms with Gasteiger partial charge in [-0.25, -0.2) is 4.39 Å². The minimum atomic E-state index is -1.10. The van der Waals surface area contributed by atoms with Crippen LogP contribution in [0.2, 0.25) is 0 Å². The van der Waals surface area contributed by atoms with E-state index in [0.717, 1.165) is 0 Å². The molecule has 0 spiro atoms. The molecule has 2 heterocycles. The molecule has 1 aliphatic rings. The second-order valence-electron chi connectivity index (χ2n) is 6.76. The van der Waals surface area contributed by atoms with Crippen molar-refractivity contribution in [1.82, 2.24) is 4.90 Å². The van der Waals surface area contributed by atoms with E-state index in [1.165, 1.54) is 36.5 Å². The zero-order valence-electron chi connectivity index (χ0n) is 16.0. The van der Waals surface area contributed by atoms with Gasteiger partial charge in [-0.2, -0.15) is 0 Å². The lowest BCUT2D eigenvalue weighted by Crippen LogP contribution is -2.29. The molecule has 1 fully saturated rings. The summed E-state index contributed by atoms with van der Waals surface area (Å²) in [5.41, 5.74) is 0.244. The van der Waals surface area contributed by atoms with Crippen molar-refractivity contribution in [2.75, 3.05) is 7.11 Å². The molecule has 0 unspecified atom stereocenters. The fraction of sp³-hybridized carbons (Fsp3) is 0.130. The summed E-state index contributed by atoms with van der Waals surface area (Å²) in [4.78, 5) is 26.9. The number of carbonyl (C=O) groups is 2. The third-order valence-electron chi connectivity index (χ3n) is 5.01. The van der Waals surface area contributed by atoms with Crippen LogP contribution < -0.4 is 4.74 Å². The topological polar surface area (TPSA) is 80.0 Å². The average molecular weight is 407 g/mol. The molecule has 1 aliphatic heterocycles. The maximum Gasteiger partial charge on any atom is 0.296 e. The van der Waals surface area contributed by atoms with E-state index in [1.807, 2.05) is 0 Å². The molecule has 0 bridgehead atoms. The molecule has 2 aromatic carbocycles. The molecule has 7 heteroatoms. The molecule has 1 N–H and O–H groups in total. The van der Waals surface area contributed by atoms with Crippen LogP contribution in [0.4, 0.5) is 4.39 Å². The third kappa shape index (κ3) is 3.34. The van der Waals surface area contributed by atoms with E-state index < -0.39 is 23.5 Å². The zero-order chi connectivity index (χ0) is 21.3. The molecular weight excluding hydrogens is 389 g/mol. The van der Waals surface area contributed by atoms with Gasteiger partial charge in [0.25, 0.3) is 11.7 Å². The number of hydrogen-bond donors (Lipinski definition) is 1. The van der Waals surface area contributed by atoms with Crippen LogP contribution in [0.1, 0.15) is 22.9 Å². The number of methoxy groups -OCH3 is 1. The average Bonchev–Trinajstić information content (AvgIpc) is 3.36. The predicted octanol–water partition coefficient (Wildman–Crippen LogP) is 4.05. The Morgan fingerprint density at radius 1 is 1.10 bits per heavy atom. The van der Waals surface area contributed by atoms with Gasteiger partial charge in [-0.3, -0.25) is 9.59 Å². The fourth-order valence-electron chi connectivity index (χ4n) is 3.54. The van der Waals surface area contributed by atoms with Gasteiger partial charge in [-0.05, 0) is 42.5 Å². The van der Waals surface area contributed by atoms with Gasteiger partial charge in [0.1, 0.15) is 23.1 Å². The van der Waals surface area contributed by atoms with Crippen LogP contribution in [-0.2, 0) is 16.1 Å². The van der Waals surface area contributed by atoms with Crippen molar-refractivity contribution in [3.63, 3.8) is 0 Å². The summed E-state index contributed by atoms with van der Waals surface area (Å²) < 4.78 is 25.1. The maximum atomic E-state index is 14.7. The maximum absolute atomic E-state index is 14.7. The van der Waals surface area contributed by atoms with Crippen molar-refractivity contribution in [2.24, 2.45) is 0 Å². The number of furan rings is 1. The first-order chi connectivity index (χ1) is 14.5. The Bertz CT molecular complexity index is 1120. The van der Waals surface area contributed by atoms with Gasteiger partial charge >= 0.3 is 0 Å².